The molecule has 2 aromatic rings. The molecule has 4 nitrogen and oxygen atoms in total. The van der Waals surface area contributed by atoms with Crippen LogP contribution in [-0.4, -0.2) is 46.6 Å². The van der Waals surface area contributed by atoms with Crippen molar-refractivity contribution < 1.29 is 4.74 Å². The SMILES string of the molecule is CC(Cc1ncc2ccccn12)N1CCOCC1. The highest BCUT2D eigenvalue weighted by atomic mass is 16.5. The van der Waals surface area contributed by atoms with Crippen molar-refractivity contribution in [2.75, 3.05) is 26.3 Å². The fourth-order valence-electron chi connectivity index (χ4n) is 2.56. The van der Waals surface area contributed by atoms with Crippen LogP contribution in [0.2, 0.25) is 0 Å². The van der Waals surface area contributed by atoms with E-state index < -0.39 is 0 Å². The number of nitrogens with zero attached hydrogens (tertiary/aromatic N) is 3. The third-order valence-corrected chi connectivity index (χ3v) is 3.66. The van der Waals surface area contributed by atoms with Crippen LogP contribution in [0.5, 0.6) is 0 Å². The molecule has 0 aromatic carbocycles. The Balaban J connectivity index is 1.75. The molecular weight excluding hydrogens is 226 g/mol. The van der Waals surface area contributed by atoms with E-state index in [4.69, 9.17) is 4.74 Å². The van der Waals surface area contributed by atoms with Gasteiger partial charge in [-0.05, 0) is 19.1 Å². The van der Waals surface area contributed by atoms with Gasteiger partial charge in [-0.15, -0.1) is 0 Å². The van der Waals surface area contributed by atoms with Gasteiger partial charge in [-0.2, -0.15) is 0 Å². The quantitative estimate of drug-likeness (QED) is 0.822. The summed E-state index contributed by atoms with van der Waals surface area (Å²) in [6.07, 6.45) is 5.02. The van der Waals surface area contributed by atoms with E-state index in [0.717, 1.165) is 38.5 Å². The van der Waals surface area contributed by atoms with E-state index in [0.29, 0.717) is 6.04 Å². The summed E-state index contributed by atoms with van der Waals surface area (Å²) in [5, 5.41) is 0. The summed E-state index contributed by atoms with van der Waals surface area (Å²) in [6, 6.07) is 6.71. The molecule has 1 fully saturated rings. The zero-order valence-electron chi connectivity index (χ0n) is 10.7. The van der Waals surface area contributed by atoms with Crippen molar-refractivity contribution in [3.8, 4) is 0 Å². The van der Waals surface area contributed by atoms with E-state index in [1.807, 2.05) is 12.3 Å². The molecule has 1 atom stereocenters. The Kier molecular flexibility index (Phi) is 3.30. The van der Waals surface area contributed by atoms with Crippen molar-refractivity contribution >= 4 is 5.52 Å². The predicted molar refractivity (Wildman–Crippen MR) is 70.8 cm³/mol. The number of imidazole rings is 1. The maximum Gasteiger partial charge on any atom is 0.114 e. The minimum absolute atomic E-state index is 0.514. The van der Waals surface area contributed by atoms with Gasteiger partial charge in [0.1, 0.15) is 5.82 Å². The van der Waals surface area contributed by atoms with Crippen LogP contribution in [0.4, 0.5) is 0 Å². The summed E-state index contributed by atoms with van der Waals surface area (Å²) in [5.41, 5.74) is 1.17. The van der Waals surface area contributed by atoms with Crippen LogP contribution in [0.25, 0.3) is 5.52 Å². The average molecular weight is 245 g/mol. The zero-order valence-corrected chi connectivity index (χ0v) is 10.7. The molecule has 0 bridgehead atoms. The number of morpholine rings is 1. The second-order valence-corrected chi connectivity index (χ2v) is 4.87. The molecule has 0 N–H and O–H groups in total. The molecule has 0 amide bonds. The molecule has 1 aliphatic rings. The van der Waals surface area contributed by atoms with Gasteiger partial charge in [0.2, 0.25) is 0 Å². The van der Waals surface area contributed by atoms with Crippen molar-refractivity contribution in [1.29, 1.82) is 0 Å². The molecular formula is C14H19N3O. The monoisotopic (exact) mass is 245 g/mol. The molecule has 0 saturated carbocycles. The van der Waals surface area contributed by atoms with Gasteiger partial charge in [-0.1, -0.05) is 6.07 Å². The number of ether oxygens (including phenoxy) is 1. The van der Waals surface area contributed by atoms with Crippen LogP contribution < -0.4 is 0 Å². The fraction of sp³-hybridized carbons (Fsp3) is 0.500. The summed E-state index contributed by atoms with van der Waals surface area (Å²) in [7, 11) is 0. The first kappa shape index (κ1) is 11.7. The lowest BCUT2D eigenvalue weighted by atomic mass is 10.2. The summed E-state index contributed by atoms with van der Waals surface area (Å²) >= 11 is 0. The van der Waals surface area contributed by atoms with Crippen LogP contribution in [0.1, 0.15) is 12.7 Å². The summed E-state index contributed by atoms with van der Waals surface area (Å²) in [4.78, 5) is 7.01. The van der Waals surface area contributed by atoms with Gasteiger partial charge in [-0.3, -0.25) is 4.90 Å². The third-order valence-electron chi connectivity index (χ3n) is 3.66. The van der Waals surface area contributed by atoms with Gasteiger partial charge in [0.15, 0.2) is 0 Å². The highest BCUT2D eigenvalue weighted by molar-refractivity contribution is 5.45. The second-order valence-electron chi connectivity index (χ2n) is 4.87. The van der Waals surface area contributed by atoms with Crippen molar-refractivity contribution in [3.05, 3.63) is 36.4 Å². The number of aromatic nitrogens is 2. The number of hydrogen-bond donors (Lipinski definition) is 0. The third kappa shape index (κ3) is 2.26. The Bertz CT molecular complexity index is 516. The van der Waals surface area contributed by atoms with E-state index >= 15 is 0 Å². The normalized spacial score (nSPS) is 19.2. The standard InChI is InChI=1S/C14H19N3O/c1-12(16-6-8-18-9-7-16)10-14-15-11-13-4-2-3-5-17(13)14/h2-5,11-12H,6-10H2,1H3. The van der Waals surface area contributed by atoms with Crippen LogP contribution >= 0.6 is 0 Å². The summed E-state index contributed by atoms with van der Waals surface area (Å²) in [5.74, 6) is 1.14. The Hall–Kier alpha value is -1.39. The van der Waals surface area contributed by atoms with Gasteiger partial charge in [0.25, 0.3) is 0 Å². The Labute approximate surface area is 107 Å². The maximum atomic E-state index is 5.39. The smallest absolute Gasteiger partial charge is 0.114 e. The predicted octanol–water partition coefficient (Wildman–Crippen LogP) is 1.60. The van der Waals surface area contributed by atoms with Gasteiger partial charge in [-0.25, -0.2) is 4.98 Å². The molecule has 18 heavy (non-hydrogen) atoms. The largest absolute Gasteiger partial charge is 0.379 e. The van der Waals surface area contributed by atoms with Gasteiger partial charge in [0.05, 0.1) is 24.9 Å². The second kappa shape index (κ2) is 5.08. The first-order valence-electron chi connectivity index (χ1n) is 6.57. The highest BCUT2D eigenvalue weighted by Crippen LogP contribution is 2.12. The number of pyridine rings is 1. The minimum atomic E-state index is 0.514. The van der Waals surface area contributed by atoms with E-state index in [1.165, 1.54) is 5.52 Å². The lowest BCUT2D eigenvalue weighted by Crippen LogP contribution is -2.43. The van der Waals surface area contributed by atoms with E-state index in [9.17, 15) is 0 Å². The molecule has 2 aromatic heterocycles. The molecule has 1 saturated heterocycles. The molecule has 96 valence electrons. The average Bonchev–Trinajstić information content (AvgIpc) is 2.83. The summed E-state index contributed by atoms with van der Waals surface area (Å²) < 4.78 is 7.57. The fourth-order valence-corrected chi connectivity index (χ4v) is 2.56. The van der Waals surface area contributed by atoms with Gasteiger partial charge < -0.3 is 9.14 Å². The Morgan fingerprint density at radius 1 is 1.33 bits per heavy atom. The first-order valence-corrected chi connectivity index (χ1v) is 6.57. The molecule has 0 spiro atoms. The number of hydrogen-bond acceptors (Lipinski definition) is 3. The van der Waals surface area contributed by atoms with E-state index in [1.54, 1.807) is 0 Å². The lowest BCUT2D eigenvalue weighted by molar-refractivity contribution is 0.0200. The summed E-state index contributed by atoms with van der Waals surface area (Å²) in [6.45, 7) is 6.05. The van der Waals surface area contributed by atoms with Gasteiger partial charge in [0, 0.05) is 31.7 Å². The molecule has 1 unspecified atom stereocenters. The first-order chi connectivity index (χ1) is 8.84. The van der Waals surface area contributed by atoms with Crippen molar-refractivity contribution in [2.45, 2.75) is 19.4 Å². The van der Waals surface area contributed by atoms with Crippen LogP contribution in [-0.2, 0) is 11.2 Å². The molecule has 4 heteroatoms. The molecule has 3 rings (SSSR count). The van der Waals surface area contributed by atoms with Crippen LogP contribution in [0.3, 0.4) is 0 Å². The number of fused-ring (bicyclic) bond motifs is 1. The molecule has 1 aliphatic heterocycles. The molecule has 3 heterocycles. The Morgan fingerprint density at radius 3 is 3.00 bits per heavy atom. The van der Waals surface area contributed by atoms with Gasteiger partial charge >= 0.3 is 0 Å². The van der Waals surface area contributed by atoms with E-state index in [-0.39, 0.29) is 0 Å². The van der Waals surface area contributed by atoms with Crippen molar-refractivity contribution in [2.24, 2.45) is 0 Å². The highest BCUT2D eigenvalue weighted by Gasteiger charge is 2.18. The minimum Gasteiger partial charge on any atom is -0.379 e. The van der Waals surface area contributed by atoms with Crippen LogP contribution in [0.15, 0.2) is 30.6 Å². The zero-order chi connectivity index (χ0) is 12.4. The topological polar surface area (TPSA) is 29.8 Å². The van der Waals surface area contributed by atoms with Crippen molar-refractivity contribution in [3.63, 3.8) is 0 Å². The Morgan fingerprint density at radius 2 is 2.17 bits per heavy atom. The molecule has 0 aliphatic carbocycles. The van der Waals surface area contributed by atoms with E-state index in [2.05, 4.69) is 39.5 Å². The van der Waals surface area contributed by atoms with Crippen molar-refractivity contribution in [1.82, 2.24) is 14.3 Å². The maximum absolute atomic E-state index is 5.39. The number of rotatable bonds is 3. The van der Waals surface area contributed by atoms with Crippen LogP contribution in [0, 0.1) is 0 Å². The molecule has 0 radical (unpaired) electrons. The lowest BCUT2D eigenvalue weighted by Gasteiger charge is -2.32.